The summed E-state index contributed by atoms with van der Waals surface area (Å²) in [4.78, 5) is 14.2. The van der Waals surface area contributed by atoms with Crippen molar-refractivity contribution in [1.29, 1.82) is 0 Å². The molecule has 0 radical (unpaired) electrons. The van der Waals surface area contributed by atoms with Crippen molar-refractivity contribution in [3.05, 3.63) is 84.0 Å². The van der Waals surface area contributed by atoms with Crippen molar-refractivity contribution in [1.82, 2.24) is 10.2 Å². The molecule has 1 aromatic carbocycles. The van der Waals surface area contributed by atoms with Crippen LogP contribution in [0.5, 0.6) is 0 Å². The monoisotopic (exact) mass is 342 g/mol. The molecule has 0 saturated carbocycles. The molecule has 25 heavy (non-hydrogen) atoms. The van der Waals surface area contributed by atoms with Crippen molar-refractivity contribution < 1.29 is 18.0 Å². The lowest BCUT2D eigenvalue weighted by Gasteiger charge is -2.19. The second-order valence-corrected chi connectivity index (χ2v) is 5.71. The Morgan fingerprint density at radius 1 is 0.960 bits per heavy atom. The first-order chi connectivity index (χ1) is 12.2. The fourth-order valence-electron chi connectivity index (χ4n) is 2.48. The molecule has 0 bridgehead atoms. The summed E-state index contributed by atoms with van der Waals surface area (Å²) in [5.41, 5.74) is 0.846. The summed E-state index contributed by atoms with van der Waals surface area (Å²) in [7, 11) is 0. The normalized spacial score (nSPS) is 11.0. The van der Waals surface area contributed by atoms with Crippen molar-refractivity contribution in [3.8, 4) is 0 Å². The fraction of sp³-hybridized carbons (Fsp3) is 0.211. The van der Waals surface area contributed by atoms with Crippen molar-refractivity contribution in [3.63, 3.8) is 0 Å². The maximum Gasteiger partial charge on any atom is 0.234 e. The highest BCUT2D eigenvalue weighted by Gasteiger charge is 2.14. The molecule has 0 aliphatic carbocycles. The Kier molecular flexibility index (Phi) is 5.64. The van der Waals surface area contributed by atoms with Gasteiger partial charge in [-0.1, -0.05) is 12.1 Å². The molecular formula is C19H19FN2O3. The van der Waals surface area contributed by atoms with E-state index in [1.807, 2.05) is 29.2 Å². The third-order valence-electron chi connectivity index (χ3n) is 3.69. The number of amides is 1. The highest BCUT2D eigenvalue weighted by atomic mass is 19.1. The van der Waals surface area contributed by atoms with Crippen LogP contribution in [0, 0.1) is 5.82 Å². The van der Waals surface area contributed by atoms with Gasteiger partial charge in [-0.05, 0) is 42.0 Å². The fourth-order valence-corrected chi connectivity index (χ4v) is 2.48. The van der Waals surface area contributed by atoms with Crippen LogP contribution in [0.25, 0.3) is 0 Å². The maximum atomic E-state index is 12.9. The molecule has 2 aromatic heterocycles. The minimum Gasteiger partial charge on any atom is -0.468 e. The summed E-state index contributed by atoms with van der Waals surface area (Å²) < 4.78 is 23.6. The summed E-state index contributed by atoms with van der Waals surface area (Å²) in [6.45, 7) is 1.55. The lowest BCUT2D eigenvalue weighted by molar-refractivity contribution is -0.122. The summed E-state index contributed by atoms with van der Waals surface area (Å²) in [5.74, 6) is 1.14. The van der Waals surface area contributed by atoms with E-state index in [1.54, 1.807) is 24.7 Å². The van der Waals surface area contributed by atoms with Crippen LogP contribution in [0.4, 0.5) is 4.39 Å². The van der Waals surface area contributed by atoms with E-state index in [9.17, 15) is 9.18 Å². The first-order valence-electron chi connectivity index (χ1n) is 7.97. The zero-order valence-electron chi connectivity index (χ0n) is 13.7. The standard InChI is InChI=1S/C19H19FN2O3/c20-16-7-5-15(6-8-16)11-21-19(23)14-22(12-17-3-1-9-24-17)13-18-4-2-10-25-18/h1-10H,11-14H2,(H,21,23). The van der Waals surface area contributed by atoms with E-state index in [0.717, 1.165) is 17.1 Å². The molecule has 1 amide bonds. The first-order valence-corrected chi connectivity index (χ1v) is 7.97. The number of furan rings is 2. The van der Waals surface area contributed by atoms with Crippen LogP contribution in [0.15, 0.2) is 69.9 Å². The molecule has 3 rings (SSSR count). The van der Waals surface area contributed by atoms with Gasteiger partial charge < -0.3 is 14.2 Å². The highest BCUT2D eigenvalue weighted by Crippen LogP contribution is 2.11. The second kappa shape index (κ2) is 8.30. The number of carbonyl (C=O) groups excluding carboxylic acids is 1. The SMILES string of the molecule is O=C(CN(Cc1ccco1)Cc1ccco1)NCc1ccc(F)cc1. The Balaban J connectivity index is 1.56. The molecule has 6 heteroatoms. The third kappa shape index (κ3) is 5.32. The Labute approximate surface area is 145 Å². The summed E-state index contributed by atoms with van der Waals surface area (Å²) in [5, 5.41) is 2.84. The maximum absolute atomic E-state index is 12.9. The highest BCUT2D eigenvalue weighted by molar-refractivity contribution is 5.78. The van der Waals surface area contributed by atoms with Gasteiger partial charge in [-0.15, -0.1) is 0 Å². The molecule has 2 heterocycles. The van der Waals surface area contributed by atoms with Crippen LogP contribution < -0.4 is 5.32 Å². The van der Waals surface area contributed by atoms with Crippen LogP contribution in [0.3, 0.4) is 0 Å². The number of nitrogens with one attached hydrogen (secondary N) is 1. The predicted octanol–water partition coefficient (Wildman–Crippen LogP) is 3.33. The number of rotatable bonds is 8. The molecule has 0 saturated heterocycles. The van der Waals surface area contributed by atoms with E-state index < -0.39 is 0 Å². The molecule has 0 aliphatic rings. The van der Waals surface area contributed by atoms with Gasteiger partial charge >= 0.3 is 0 Å². The van der Waals surface area contributed by atoms with E-state index in [-0.39, 0.29) is 18.3 Å². The van der Waals surface area contributed by atoms with Crippen LogP contribution in [-0.4, -0.2) is 17.4 Å². The molecular weight excluding hydrogens is 323 g/mol. The Morgan fingerprint density at radius 3 is 2.08 bits per heavy atom. The average Bonchev–Trinajstić information content (AvgIpc) is 3.28. The van der Waals surface area contributed by atoms with E-state index >= 15 is 0 Å². The first kappa shape index (κ1) is 17.0. The third-order valence-corrected chi connectivity index (χ3v) is 3.69. The van der Waals surface area contributed by atoms with Crippen LogP contribution in [0.1, 0.15) is 17.1 Å². The Hall–Kier alpha value is -2.86. The molecule has 0 fully saturated rings. The van der Waals surface area contributed by atoms with Crippen LogP contribution in [-0.2, 0) is 24.4 Å². The summed E-state index contributed by atoms with van der Waals surface area (Å²) in [6.07, 6.45) is 3.21. The van der Waals surface area contributed by atoms with Crippen molar-refractivity contribution in [2.24, 2.45) is 0 Å². The number of hydrogen-bond donors (Lipinski definition) is 1. The minimum absolute atomic E-state index is 0.123. The van der Waals surface area contributed by atoms with Crippen molar-refractivity contribution in [2.75, 3.05) is 6.54 Å². The molecule has 5 nitrogen and oxygen atoms in total. The zero-order valence-corrected chi connectivity index (χ0v) is 13.7. The van der Waals surface area contributed by atoms with Crippen molar-refractivity contribution in [2.45, 2.75) is 19.6 Å². The summed E-state index contributed by atoms with van der Waals surface area (Å²) >= 11 is 0. The van der Waals surface area contributed by atoms with Crippen LogP contribution >= 0.6 is 0 Å². The second-order valence-electron chi connectivity index (χ2n) is 5.71. The molecule has 130 valence electrons. The molecule has 0 unspecified atom stereocenters. The largest absolute Gasteiger partial charge is 0.468 e. The molecule has 0 atom stereocenters. The molecule has 0 spiro atoms. The van der Waals surface area contributed by atoms with Gasteiger partial charge in [0.15, 0.2) is 0 Å². The zero-order chi connectivity index (χ0) is 17.5. The predicted molar refractivity (Wildman–Crippen MR) is 89.8 cm³/mol. The number of nitrogens with zero attached hydrogens (tertiary/aromatic N) is 1. The van der Waals surface area contributed by atoms with Gasteiger partial charge in [-0.3, -0.25) is 9.69 Å². The smallest absolute Gasteiger partial charge is 0.234 e. The van der Waals surface area contributed by atoms with Crippen molar-refractivity contribution >= 4 is 5.91 Å². The lowest BCUT2D eigenvalue weighted by atomic mass is 10.2. The lowest BCUT2D eigenvalue weighted by Crippen LogP contribution is -2.36. The number of hydrogen-bond acceptors (Lipinski definition) is 4. The topological polar surface area (TPSA) is 58.6 Å². The van der Waals surface area contributed by atoms with Gasteiger partial charge in [0.05, 0.1) is 32.2 Å². The number of halogens is 1. The van der Waals surface area contributed by atoms with Gasteiger partial charge in [0.2, 0.25) is 5.91 Å². The molecule has 3 aromatic rings. The summed E-state index contributed by atoms with van der Waals surface area (Å²) in [6, 6.07) is 13.4. The average molecular weight is 342 g/mol. The van der Waals surface area contributed by atoms with E-state index in [1.165, 1.54) is 12.1 Å². The molecule has 1 N–H and O–H groups in total. The van der Waals surface area contributed by atoms with E-state index in [4.69, 9.17) is 8.83 Å². The van der Waals surface area contributed by atoms with E-state index in [2.05, 4.69) is 5.32 Å². The van der Waals surface area contributed by atoms with Gasteiger partial charge in [-0.25, -0.2) is 4.39 Å². The number of benzene rings is 1. The molecule has 0 aliphatic heterocycles. The van der Waals surface area contributed by atoms with Gasteiger partial charge in [0, 0.05) is 6.54 Å². The Morgan fingerprint density at radius 2 is 1.56 bits per heavy atom. The van der Waals surface area contributed by atoms with Gasteiger partial charge in [0.1, 0.15) is 17.3 Å². The quantitative estimate of drug-likeness (QED) is 0.682. The van der Waals surface area contributed by atoms with Gasteiger partial charge in [0.25, 0.3) is 0 Å². The van der Waals surface area contributed by atoms with E-state index in [0.29, 0.717) is 19.6 Å². The van der Waals surface area contributed by atoms with Crippen LogP contribution in [0.2, 0.25) is 0 Å². The Bertz CT molecular complexity index is 731. The van der Waals surface area contributed by atoms with Gasteiger partial charge in [-0.2, -0.15) is 0 Å². The minimum atomic E-state index is -0.293. The number of carbonyl (C=O) groups is 1.